The number of hydrogen-bond donors (Lipinski definition) is 2. The van der Waals surface area contributed by atoms with Crippen molar-refractivity contribution >= 4 is 5.91 Å². The second-order valence-electron chi connectivity index (χ2n) is 6.13. The van der Waals surface area contributed by atoms with Crippen LogP contribution in [0, 0.1) is 11.8 Å². The summed E-state index contributed by atoms with van der Waals surface area (Å²) < 4.78 is 5.63. The standard InChI is InChI=1S/C17H26N2O2/c1-12(2)21-16-6-4-5-14(9-16)17(20)19-11-15-10-18-8-7-13(15)3/h4-6,9,12-13,15,18H,7-8,10-11H2,1-3H3,(H,19,20). The second kappa shape index (κ2) is 7.46. The molecule has 1 fully saturated rings. The number of nitrogens with one attached hydrogen (secondary N) is 2. The van der Waals surface area contributed by atoms with Crippen LogP contribution in [0.1, 0.15) is 37.6 Å². The summed E-state index contributed by atoms with van der Waals surface area (Å²) >= 11 is 0. The largest absolute Gasteiger partial charge is 0.491 e. The van der Waals surface area contributed by atoms with Crippen molar-refractivity contribution in [2.24, 2.45) is 11.8 Å². The fraction of sp³-hybridized carbons (Fsp3) is 0.588. The van der Waals surface area contributed by atoms with Gasteiger partial charge in [0.15, 0.2) is 0 Å². The number of ether oxygens (including phenoxy) is 1. The van der Waals surface area contributed by atoms with E-state index in [2.05, 4.69) is 17.6 Å². The van der Waals surface area contributed by atoms with Crippen LogP contribution in [0.15, 0.2) is 24.3 Å². The average Bonchev–Trinajstić information content (AvgIpc) is 2.45. The minimum absolute atomic E-state index is 0.0259. The summed E-state index contributed by atoms with van der Waals surface area (Å²) in [4.78, 5) is 12.2. The van der Waals surface area contributed by atoms with E-state index < -0.39 is 0 Å². The first-order valence-corrected chi connectivity index (χ1v) is 7.82. The van der Waals surface area contributed by atoms with E-state index in [-0.39, 0.29) is 12.0 Å². The van der Waals surface area contributed by atoms with E-state index >= 15 is 0 Å². The number of carbonyl (C=O) groups is 1. The van der Waals surface area contributed by atoms with Gasteiger partial charge in [0.2, 0.25) is 0 Å². The van der Waals surface area contributed by atoms with Gasteiger partial charge in [-0.2, -0.15) is 0 Å². The Hall–Kier alpha value is -1.55. The molecule has 1 aromatic carbocycles. The van der Waals surface area contributed by atoms with Crippen LogP contribution in [0.5, 0.6) is 5.75 Å². The van der Waals surface area contributed by atoms with E-state index in [0.29, 0.717) is 17.4 Å². The van der Waals surface area contributed by atoms with Crippen molar-refractivity contribution in [3.8, 4) is 5.75 Å². The topological polar surface area (TPSA) is 50.4 Å². The van der Waals surface area contributed by atoms with Crippen molar-refractivity contribution in [1.29, 1.82) is 0 Å². The Morgan fingerprint density at radius 3 is 3.00 bits per heavy atom. The maximum absolute atomic E-state index is 12.2. The molecule has 21 heavy (non-hydrogen) atoms. The van der Waals surface area contributed by atoms with E-state index in [1.807, 2.05) is 32.0 Å². The third-order valence-corrected chi connectivity index (χ3v) is 3.98. The maximum Gasteiger partial charge on any atom is 0.251 e. The van der Waals surface area contributed by atoms with Gasteiger partial charge in [0.25, 0.3) is 5.91 Å². The molecule has 0 bridgehead atoms. The number of carbonyl (C=O) groups excluding carboxylic acids is 1. The lowest BCUT2D eigenvalue weighted by Crippen LogP contribution is -2.42. The Kier molecular flexibility index (Phi) is 5.62. The van der Waals surface area contributed by atoms with Gasteiger partial charge in [0.1, 0.15) is 5.75 Å². The van der Waals surface area contributed by atoms with E-state index in [9.17, 15) is 4.79 Å². The number of amides is 1. The molecule has 4 heteroatoms. The summed E-state index contributed by atoms with van der Waals surface area (Å²) in [7, 11) is 0. The molecule has 2 atom stereocenters. The summed E-state index contributed by atoms with van der Waals surface area (Å²) in [5, 5.41) is 6.43. The number of rotatable bonds is 5. The summed E-state index contributed by atoms with van der Waals surface area (Å²) in [6.45, 7) is 9.00. The minimum atomic E-state index is -0.0259. The molecule has 2 rings (SSSR count). The van der Waals surface area contributed by atoms with Crippen molar-refractivity contribution in [2.45, 2.75) is 33.3 Å². The average molecular weight is 290 g/mol. The van der Waals surface area contributed by atoms with Crippen molar-refractivity contribution in [3.05, 3.63) is 29.8 Å². The van der Waals surface area contributed by atoms with Gasteiger partial charge in [-0.3, -0.25) is 4.79 Å². The van der Waals surface area contributed by atoms with Gasteiger partial charge in [0.05, 0.1) is 6.10 Å². The molecule has 116 valence electrons. The van der Waals surface area contributed by atoms with Gasteiger partial charge >= 0.3 is 0 Å². The predicted octanol–water partition coefficient (Wildman–Crippen LogP) is 2.45. The fourth-order valence-corrected chi connectivity index (χ4v) is 2.64. The van der Waals surface area contributed by atoms with E-state index in [1.54, 1.807) is 6.07 Å². The molecule has 2 unspecified atom stereocenters. The number of benzene rings is 1. The van der Waals surface area contributed by atoms with Gasteiger partial charge in [-0.1, -0.05) is 13.0 Å². The van der Waals surface area contributed by atoms with Crippen LogP contribution in [0.25, 0.3) is 0 Å². The zero-order chi connectivity index (χ0) is 15.2. The molecule has 1 amide bonds. The molecule has 1 aliphatic rings. The lowest BCUT2D eigenvalue weighted by molar-refractivity contribution is 0.0938. The van der Waals surface area contributed by atoms with Crippen molar-refractivity contribution < 1.29 is 9.53 Å². The van der Waals surface area contributed by atoms with E-state index in [4.69, 9.17) is 4.74 Å². The molecule has 0 radical (unpaired) electrons. The first kappa shape index (κ1) is 15.8. The van der Waals surface area contributed by atoms with Crippen LogP contribution in [-0.2, 0) is 0 Å². The smallest absolute Gasteiger partial charge is 0.251 e. The Labute approximate surface area is 127 Å². The fourth-order valence-electron chi connectivity index (χ4n) is 2.64. The van der Waals surface area contributed by atoms with Crippen LogP contribution in [0.2, 0.25) is 0 Å². The van der Waals surface area contributed by atoms with Crippen molar-refractivity contribution in [3.63, 3.8) is 0 Å². The van der Waals surface area contributed by atoms with E-state index in [0.717, 1.165) is 25.4 Å². The molecule has 1 aliphatic heterocycles. The van der Waals surface area contributed by atoms with Gasteiger partial charge in [-0.25, -0.2) is 0 Å². The molecule has 0 saturated carbocycles. The SMILES string of the molecule is CC(C)Oc1cccc(C(=O)NCC2CNCCC2C)c1. The van der Waals surface area contributed by atoms with Crippen molar-refractivity contribution in [1.82, 2.24) is 10.6 Å². The first-order valence-electron chi connectivity index (χ1n) is 7.82. The molecule has 0 aromatic heterocycles. The van der Waals surface area contributed by atoms with Crippen LogP contribution < -0.4 is 15.4 Å². The second-order valence-corrected chi connectivity index (χ2v) is 6.13. The highest BCUT2D eigenvalue weighted by atomic mass is 16.5. The highest BCUT2D eigenvalue weighted by molar-refractivity contribution is 5.94. The van der Waals surface area contributed by atoms with Crippen LogP contribution in [0.4, 0.5) is 0 Å². The van der Waals surface area contributed by atoms with Crippen LogP contribution in [-0.4, -0.2) is 31.6 Å². The summed E-state index contributed by atoms with van der Waals surface area (Å²) in [5.41, 5.74) is 0.657. The Balaban J connectivity index is 1.90. The molecule has 2 N–H and O–H groups in total. The Morgan fingerprint density at radius 2 is 2.29 bits per heavy atom. The molecule has 1 aromatic rings. The van der Waals surface area contributed by atoms with Crippen LogP contribution in [0.3, 0.4) is 0 Å². The number of hydrogen-bond acceptors (Lipinski definition) is 3. The summed E-state index contributed by atoms with van der Waals surface area (Å²) in [6, 6.07) is 7.37. The molecule has 0 spiro atoms. The molecule has 1 heterocycles. The van der Waals surface area contributed by atoms with Gasteiger partial charge in [-0.05, 0) is 63.4 Å². The van der Waals surface area contributed by atoms with Gasteiger partial charge < -0.3 is 15.4 Å². The molecular formula is C17H26N2O2. The maximum atomic E-state index is 12.2. The zero-order valence-corrected chi connectivity index (χ0v) is 13.2. The Bertz CT molecular complexity index is 474. The summed E-state index contributed by atoms with van der Waals surface area (Å²) in [5.74, 6) is 1.88. The van der Waals surface area contributed by atoms with Crippen molar-refractivity contribution in [2.75, 3.05) is 19.6 Å². The molecular weight excluding hydrogens is 264 g/mol. The minimum Gasteiger partial charge on any atom is -0.491 e. The highest BCUT2D eigenvalue weighted by Gasteiger charge is 2.21. The van der Waals surface area contributed by atoms with Gasteiger partial charge in [0, 0.05) is 12.1 Å². The monoisotopic (exact) mass is 290 g/mol. The molecule has 1 saturated heterocycles. The highest BCUT2D eigenvalue weighted by Crippen LogP contribution is 2.18. The third kappa shape index (κ3) is 4.74. The normalized spacial score (nSPS) is 22.1. The number of piperidine rings is 1. The van der Waals surface area contributed by atoms with Crippen LogP contribution >= 0.6 is 0 Å². The van der Waals surface area contributed by atoms with Gasteiger partial charge in [-0.15, -0.1) is 0 Å². The lowest BCUT2D eigenvalue weighted by Gasteiger charge is -2.29. The lowest BCUT2D eigenvalue weighted by atomic mass is 9.88. The zero-order valence-electron chi connectivity index (χ0n) is 13.2. The molecule has 0 aliphatic carbocycles. The van der Waals surface area contributed by atoms with E-state index in [1.165, 1.54) is 6.42 Å². The predicted molar refractivity (Wildman–Crippen MR) is 84.7 cm³/mol. The molecule has 4 nitrogen and oxygen atoms in total. The Morgan fingerprint density at radius 1 is 1.48 bits per heavy atom. The summed E-state index contributed by atoms with van der Waals surface area (Å²) in [6.07, 6.45) is 1.29. The third-order valence-electron chi connectivity index (χ3n) is 3.98. The first-order chi connectivity index (χ1) is 10.1. The quantitative estimate of drug-likeness (QED) is 0.876.